The minimum Gasteiger partial charge on any atom is -0.411 e. The number of carbonyl (C=O) groups is 2. The molecule has 0 aliphatic rings. The molecule has 9 heteroatoms. The number of rotatable bonds is 7. The zero-order valence-corrected chi connectivity index (χ0v) is 18.4. The molecule has 0 aliphatic heterocycles. The van der Waals surface area contributed by atoms with Crippen molar-refractivity contribution in [2.24, 2.45) is 0 Å². The normalized spacial score (nSPS) is 10.6. The second-order valence-electron chi connectivity index (χ2n) is 7.07. The summed E-state index contributed by atoms with van der Waals surface area (Å²) in [5.41, 5.74) is 3.15. The van der Waals surface area contributed by atoms with Gasteiger partial charge in [0.1, 0.15) is 5.82 Å². The van der Waals surface area contributed by atoms with E-state index in [4.69, 9.17) is 4.42 Å². The Labute approximate surface area is 193 Å². The van der Waals surface area contributed by atoms with Crippen LogP contribution in [0.25, 0.3) is 11.5 Å². The van der Waals surface area contributed by atoms with Gasteiger partial charge in [-0.3, -0.25) is 9.59 Å². The van der Waals surface area contributed by atoms with Crippen molar-refractivity contribution < 1.29 is 18.4 Å². The molecule has 0 atom stereocenters. The SMILES string of the molecule is Cc1ccc(NC(=O)CSc2nnc(-c3ccc(F)cc3)o2)cc1NC(=O)c1ccccc1. The van der Waals surface area contributed by atoms with Gasteiger partial charge in [-0.25, -0.2) is 4.39 Å². The standard InChI is InChI=1S/C24H19FN4O3S/c1-15-7-12-19(13-20(15)27-22(31)16-5-3-2-4-6-16)26-21(30)14-33-24-29-28-23(32-24)17-8-10-18(25)11-9-17/h2-13H,14H2,1H3,(H,26,30)(H,27,31). The molecule has 33 heavy (non-hydrogen) atoms. The third-order valence-corrected chi connectivity index (χ3v) is 5.45. The van der Waals surface area contributed by atoms with Crippen molar-refractivity contribution in [3.8, 4) is 11.5 Å². The van der Waals surface area contributed by atoms with E-state index >= 15 is 0 Å². The summed E-state index contributed by atoms with van der Waals surface area (Å²) in [6, 6.07) is 19.8. The fourth-order valence-electron chi connectivity index (χ4n) is 2.92. The maximum absolute atomic E-state index is 13.0. The Morgan fingerprint density at radius 1 is 0.970 bits per heavy atom. The average molecular weight is 463 g/mol. The van der Waals surface area contributed by atoms with Crippen molar-refractivity contribution in [3.05, 3.63) is 89.7 Å². The molecule has 1 aromatic heterocycles. The molecular formula is C24H19FN4O3S. The van der Waals surface area contributed by atoms with Gasteiger partial charge in [-0.05, 0) is 61.0 Å². The first-order chi connectivity index (χ1) is 16.0. The van der Waals surface area contributed by atoms with Crippen molar-refractivity contribution in [2.75, 3.05) is 16.4 Å². The molecule has 0 spiro atoms. The third kappa shape index (κ3) is 5.83. The van der Waals surface area contributed by atoms with Gasteiger partial charge in [-0.1, -0.05) is 36.0 Å². The van der Waals surface area contributed by atoms with Gasteiger partial charge in [-0.15, -0.1) is 10.2 Å². The second-order valence-corrected chi connectivity index (χ2v) is 7.99. The molecule has 2 amide bonds. The number of thioether (sulfide) groups is 1. The lowest BCUT2D eigenvalue weighted by atomic mass is 10.1. The minimum atomic E-state index is -0.358. The molecule has 0 radical (unpaired) electrons. The van der Waals surface area contributed by atoms with Gasteiger partial charge in [0.2, 0.25) is 11.8 Å². The Morgan fingerprint density at radius 2 is 1.73 bits per heavy atom. The Morgan fingerprint density at radius 3 is 2.48 bits per heavy atom. The average Bonchev–Trinajstić information content (AvgIpc) is 3.30. The van der Waals surface area contributed by atoms with Crippen molar-refractivity contribution in [2.45, 2.75) is 12.1 Å². The largest absolute Gasteiger partial charge is 0.411 e. The van der Waals surface area contributed by atoms with Crippen LogP contribution in [-0.2, 0) is 4.79 Å². The number of aromatic nitrogens is 2. The molecule has 0 unspecified atom stereocenters. The summed E-state index contributed by atoms with van der Waals surface area (Å²) in [4.78, 5) is 24.8. The monoisotopic (exact) mass is 462 g/mol. The molecule has 0 saturated heterocycles. The van der Waals surface area contributed by atoms with Gasteiger partial charge >= 0.3 is 0 Å². The number of aryl methyl sites for hydroxylation is 1. The van der Waals surface area contributed by atoms with E-state index in [-0.39, 0.29) is 34.5 Å². The number of hydrogen-bond donors (Lipinski definition) is 2. The molecule has 0 saturated carbocycles. The number of nitrogens with zero attached hydrogens (tertiary/aromatic N) is 2. The summed E-state index contributed by atoms with van der Waals surface area (Å²) < 4.78 is 18.6. The summed E-state index contributed by atoms with van der Waals surface area (Å²) in [6.45, 7) is 1.87. The lowest BCUT2D eigenvalue weighted by molar-refractivity contribution is -0.113. The van der Waals surface area contributed by atoms with Gasteiger partial charge in [0.25, 0.3) is 11.1 Å². The van der Waals surface area contributed by atoms with E-state index in [0.717, 1.165) is 17.3 Å². The van der Waals surface area contributed by atoms with E-state index in [1.165, 1.54) is 24.3 Å². The van der Waals surface area contributed by atoms with Crippen LogP contribution in [0.3, 0.4) is 0 Å². The van der Waals surface area contributed by atoms with Gasteiger partial charge < -0.3 is 15.1 Å². The first kappa shape index (κ1) is 22.2. The highest BCUT2D eigenvalue weighted by molar-refractivity contribution is 7.99. The number of anilines is 2. The van der Waals surface area contributed by atoms with Gasteiger partial charge in [0.05, 0.1) is 5.75 Å². The highest BCUT2D eigenvalue weighted by Crippen LogP contribution is 2.24. The lowest BCUT2D eigenvalue weighted by Crippen LogP contribution is -2.15. The number of amides is 2. The molecule has 0 aliphatic carbocycles. The smallest absolute Gasteiger partial charge is 0.277 e. The molecule has 166 valence electrons. The van der Waals surface area contributed by atoms with Gasteiger partial charge in [-0.2, -0.15) is 0 Å². The van der Waals surface area contributed by atoms with Crippen LogP contribution >= 0.6 is 11.8 Å². The molecule has 7 nitrogen and oxygen atoms in total. The van der Waals surface area contributed by atoms with E-state index in [9.17, 15) is 14.0 Å². The summed E-state index contributed by atoms with van der Waals surface area (Å²) in [5, 5.41) is 13.7. The van der Waals surface area contributed by atoms with Crippen LogP contribution in [0.1, 0.15) is 15.9 Å². The number of nitrogens with one attached hydrogen (secondary N) is 2. The number of halogens is 1. The van der Waals surface area contributed by atoms with E-state index < -0.39 is 0 Å². The fourth-order valence-corrected chi connectivity index (χ4v) is 3.48. The van der Waals surface area contributed by atoms with Crippen molar-refractivity contribution in [3.63, 3.8) is 0 Å². The van der Waals surface area contributed by atoms with Crippen molar-refractivity contribution in [1.82, 2.24) is 10.2 Å². The molecular weight excluding hydrogens is 443 g/mol. The Balaban J connectivity index is 1.34. The second kappa shape index (κ2) is 10.1. The highest BCUT2D eigenvalue weighted by atomic mass is 32.2. The van der Waals surface area contributed by atoms with Crippen LogP contribution < -0.4 is 10.6 Å². The molecule has 0 fully saturated rings. The number of carbonyl (C=O) groups excluding carboxylic acids is 2. The van der Waals surface area contributed by atoms with Crippen molar-refractivity contribution in [1.29, 1.82) is 0 Å². The molecule has 4 rings (SSSR count). The zero-order valence-electron chi connectivity index (χ0n) is 17.5. The Bertz CT molecular complexity index is 1280. The minimum absolute atomic E-state index is 0.0463. The van der Waals surface area contributed by atoms with E-state index in [2.05, 4.69) is 20.8 Å². The van der Waals surface area contributed by atoms with E-state index in [1.54, 1.807) is 36.4 Å². The Hall–Kier alpha value is -3.98. The van der Waals surface area contributed by atoms with Crippen LogP contribution in [0.5, 0.6) is 0 Å². The topological polar surface area (TPSA) is 97.1 Å². The van der Waals surface area contributed by atoms with Crippen LogP contribution in [0.15, 0.2) is 82.4 Å². The summed E-state index contributed by atoms with van der Waals surface area (Å²) >= 11 is 1.09. The van der Waals surface area contributed by atoms with Gasteiger partial charge in [0, 0.05) is 22.5 Å². The Kier molecular flexibility index (Phi) is 6.80. The predicted molar refractivity (Wildman–Crippen MR) is 125 cm³/mol. The first-order valence-corrected chi connectivity index (χ1v) is 11.0. The molecule has 3 aromatic carbocycles. The quantitative estimate of drug-likeness (QED) is 0.368. The molecule has 0 bridgehead atoms. The number of hydrogen-bond acceptors (Lipinski definition) is 6. The summed E-state index contributed by atoms with van der Waals surface area (Å²) in [5.74, 6) is -0.569. The molecule has 2 N–H and O–H groups in total. The maximum atomic E-state index is 13.0. The summed E-state index contributed by atoms with van der Waals surface area (Å²) in [6.07, 6.45) is 0. The predicted octanol–water partition coefficient (Wildman–Crippen LogP) is 5.17. The van der Waals surface area contributed by atoms with Crippen LogP contribution in [0.2, 0.25) is 0 Å². The van der Waals surface area contributed by atoms with E-state index in [0.29, 0.717) is 22.5 Å². The van der Waals surface area contributed by atoms with Crippen molar-refractivity contribution >= 4 is 35.0 Å². The fraction of sp³-hybridized carbons (Fsp3) is 0.0833. The number of benzene rings is 3. The summed E-state index contributed by atoms with van der Waals surface area (Å²) in [7, 11) is 0. The zero-order chi connectivity index (χ0) is 23.2. The van der Waals surface area contributed by atoms with Crippen LogP contribution in [-0.4, -0.2) is 27.8 Å². The lowest BCUT2D eigenvalue weighted by Gasteiger charge is -2.11. The highest BCUT2D eigenvalue weighted by Gasteiger charge is 2.13. The molecule has 4 aromatic rings. The van der Waals surface area contributed by atoms with E-state index in [1.807, 2.05) is 19.1 Å². The maximum Gasteiger partial charge on any atom is 0.277 e. The first-order valence-electron chi connectivity index (χ1n) is 9.97. The van der Waals surface area contributed by atoms with Crippen LogP contribution in [0.4, 0.5) is 15.8 Å². The van der Waals surface area contributed by atoms with Crippen LogP contribution in [0, 0.1) is 12.7 Å². The van der Waals surface area contributed by atoms with Gasteiger partial charge in [0.15, 0.2) is 0 Å². The molecule has 1 heterocycles. The third-order valence-electron chi connectivity index (χ3n) is 4.63.